The maximum atomic E-state index is 12.8. The van der Waals surface area contributed by atoms with Crippen LogP contribution in [-0.4, -0.2) is 35.2 Å². The molecular weight excluding hydrogens is 466 g/mol. The molecule has 0 fully saturated rings. The molecule has 0 bridgehead atoms. The Bertz CT molecular complexity index is 1300. The lowest BCUT2D eigenvalue weighted by Crippen LogP contribution is -2.28. The fourth-order valence-corrected chi connectivity index (χ4v) is 5.41. The van der Waals surface area contributed by atoms with Crippen LogP contribution >= 0.6 is 23.4 Å². The Kier molecular flexibility index (Phi) is 6.90. The molecule has 4 aromatic rings. The van der Waals surface area contributed by atoms with Gasteiger partial charge in [0.15, 0.2) is 0 Å². The van der Waals surface area contributed by atoms with Gasteiger partial charge in [-0.25, -0.2) is 13.1 Å². The van der Waals surface area contributed by atoms with E-state index in [2.05, 4.69) is 20.2 Å². The second-order valence-electron chi connectivity index (χ2n) is 7.04. The van der Waals surface area contributed by atoms with Gasteiger partial charge in [0.05, 0.1) is 15.8 Å². The van der Waals surface area contributed by atoms with Gasteiger partial charge in [0.1, 0.15) is 0 Å². The number of halogens is 1. The average molecular weight is 486 g/mol. The summed E-state index contributed by atoms with van der Waals surface area (Å²) in [6, 6.07) is 23.6. The predicted molar refractivity (Wildman–Crippen MR) is 126 cm³/mol. The zero-order valence-electron chi connectivity index (χ0n) is 17.1. The predicted octanol–water partition coefficient (Wildman–Crippen LogP) is 4.44. The first-order valence-corrected chi connectivity index (χ1v) is 12.5. The minimum atomic E-state index is -3.67. The average Bonchev–Trinajstić information content (AvgIpc) is 3.26. The van der Waals surface area contributed by atoms with Crippen LogP contribution in [0.4, 0.5) is 0 Å². The summed E-state index contributed by atoms with van der Waals surface area (Å²) in [5.41, 5.74) is 2.66. The number of thioether (sulfide) groups is 1. The lowest BCUT2D eigenvalue weighted by molar-refractivity contribution is 0.581. The summed E-state index contributed by atoms with van der Waals surface area (Å²) in [5, 5.41) is 12.8. The molecule has 0 saturated heterocycles. The van der Waals surface area contributed by atoms with Crippen molar-refractivity contribution in [1.82, 2.24) is 24.9 Å². The first-order chi connectivity index (χ1) is 15.4. The van der Waals surface area contributed by atoms with Gasteiger partial charge >= 0.3 is 0 Å². The molecule has 7 nitrogen and oxygen atoms in total. The van der Waals surface area contributed by atoms with Crippen molar-refractivity contribution >= 4 is 33.4 Å². The highest BCUT2D eigenvalue weighted by atomic mass is 35.5. The molecule has 3 aromatic carbocycles. The Morgan fingerprint density at radius 1 is 1.03 bits per heavy atom. The van der Waals surface area contributed by atoms with Crippen LogP contribution in [0.3, 0.4) is 0 Å². The first-order valence-electron chi connectivity index (χ1n) is 9.75. The molecule has 1 atom stereocenters. The highest BCUT2D eigenvalue weighted by Crippen LogP contribution is 2.34. The van der Waals surface area contributed by atoms with Crippen molar-refractivity contribution in [2.75, 3.05) is 6.54 Å². The Labute approximate surface area is 195 Å². The molecule has 0 unspecified atom stereocenters. The van der Waals surface area contributed by atoms with Crippen molar-refractivity contribution in [3.05, 3.63) is 95.0 Å². The molecule has 0 aliphatic heterocycles. The van der Waals surface area contributed by atoms with Gasteiger partial charge in [-0.2, -0.15) is 4.68 Å². The van der Waals surface area contributed by atoms with Crippen LogP contribution in [0.15, 0.2) is 88.9 Å². The second-order valence-corrected chi connectivity index (χ2v) is 10.4. The van der Waals surface area contributed by atoms with E-state index in [1.165, 1.54) is 11.8 Å². The zero-order chi connectivity index (χ0) is 22.6. The second kappa shape index (κ2) is 9.83. The van der Waals surface area contributed by atoms with Crippen LogP contribution in [-0.2, 0) is 10.0 Å². The molecule has 4 rings (SSSR count). The van der Waals surface area contributed by atoms with Crippen LogP contribution in [0.2, 0.25) is 5.02 Å². The number of nitrogens with one attached hydrogen (secondary N) is 1. The van der Waals surface area contributed by atoms with E-state index in [0.717, 1.165) is 16.8 Å². The molecule has 0 amide bonds. The number of nitrogens with zero attached hydrogens (tertiary/aromatic N) is 4. The maximum Gasteiger partial charge on any atom is 0.240 e. The lowest BCUT2D eigenvalue weighted by Gasteiger charge is -2.17. The maximum absolute atomic E-state index is 12.8. The standard InChI is InChI=1S/C22H20ClN5O2S2/c1-16-10-12-20(13-11-16)32(29,30)24-15-21(17-6-3-2-4-7-17)31-22-25-26-27-28(22)19-9-5-8-18(23)14-19/h2-14,21,24H,15H2,1H3/t21-/m0/s1. The number of benzene rings is 3. The highest BCUT2D eigenvalue weighted by Gasteiger charge is 2.22. The molecule has 0 radical (unpaired) electrons. The largest absolute Gasteiger partial charge is 0.240 e. The summed E-state index contributed by atoms with van der Waals surface area (Å²) in [4.78, 5) is 0.226. The summed E-state index contributed by atoms with van der Waals surface area (Å²) >= 11 is 7.49. The lowest BCUT2D eigenvalue weighted by atomic mass is 10.1. The molecule has 32 heavy (non-hydrogen) atoms. The van der Waals surface area contributed by atoms with Crippen molar-refractivity contribution in [2.45, 2.75) is 22.2 Å². The fraction of sp³-hybridized carbons (Fsp3) is 0.136. The van der Waals surface area contributed by atoms with Gasteiger partial charge in [-0.05, 0) is 53.2 Å². The number of rotatable bonds is 8. The van der Waals surface area contributed by atoms with E-state index in [1.807, 2.05) is 49.4 Å². The minimum Gasteiger partial charge on any atom is -0.210 e. The van der Waals surface area contributed by atoms with Crippen LogP contribution < -0.4 is 4.72 Å². The molecule has 0 aliphatic carbocycles. The normalized spacial score (nSPS) is 12.6. The van der Waals surface area contributed by atoms with Gasteiger partial charge in [0.25, 0.3) is 0 Å². The Hall–Kier alpha value is -2.72. The molecule has 0 saturated carbocycles. The van der Waals surface area contributed by atoms with Crippen LogP contribution in [0, 0.1) is 6.92 Å². The van der Waals surface area contributed by atoms with Crippen molar-refractivity contribution in [3.63, 3.8) is 0 Å². The summed E-state index contributed by atoms with van der Waals surface area (Å²) in [5.74, 6) is 0. The fourth-order valence-electron chi connectivity index (χ4n) is 3.03. The van der Waals surface area contributed by atoms with Crippen LogP contribution in [0.25, 0.3) is 5.69 Å². The van der Waals surface area contributed by atoms with Crippen molar-refractivity contribution in [1.29, 1.82) is 0 Å². The van der Waals surface area contributed by atoms with E-state index in [1.54, 1.807) is 41.1 Å². The topological polar surface area (TPSA) is 89.8 Å². The van der Waals surface area contributed by atoms with Crippen molar-refractivity contribution in [3.8, 4) is 5.69 Å². The monoisotopic (exact) mass is 485 g/mol. The van der Waals surface area contributed by atoms with E-state index in [9.17, 15) is 8.42 Å². The molecule has 0 spiro atoms. The van der Waals surface area contributed by atoms with Gasteiger partial charge in [-0.1, -0.05) is 77.5 Å². The molecule has 1 heterocycles. The summed E-state index contributed by atoms with van der Waals surface area (Å²) in [7, 11) is -3.67. The Morgan fingerprint density at radius 3 is 2.50 bits per heavy atom. The van der Waals surface area contributed by atoms with Gasteiger partial charge in [-0.15, -0.1) is 5.10 Å². The Morgan fingerprint density at radius 2 is 1.78 bits per heavy atom. The first kappa shape index (κ1) is 22.5. The number of hydrogen-bond acceptors (Lipinski definition) is 6. The van der Waals surface area contributed by atoms with E-state index >= 15 is 0 Å². The van der Waals surface area contributed by atoms with E-state index in [-0.39, 0.29) is 16.7 Å². The third kappa shape index (κ3) is 5.36. The summed E-state index contributed by atoms with van der Waals surface area (Å²) in [6.45, 7) is 2.07. The van der Waals surface area contributed by atoms with Gasteiger partial charge < -0.3 is 0 Å². The quantitative estimate of drug-likeness (QED) is 0.371. The zero-order valence-corrected chi connectivity index (χ0v) is 19.5. The molecule has 0 aliphatic rings. The number of tetrazole rings is 1. The number of aromatic nitrogens is 4. The minimum absolute atomic E-state index is 0.160. The number of aryl methyl sites for hydroxylation is 1. The van der Waals surface area contributed by atoms with Gasteiger partial charge in [-0.3, -0.25) is 0 Å². The van der Waals surface area contributed by atoms with Crippen molar-refractivity contribution < 1.29 is 8.42 Å². The molecular formula is C22H20ClN5O2S2. The third-order valence-electron chi connectivity index (χ3n) is 4.70. The van der Waals surface area contributed by atoms with Gasteiger partial charge in [0.2, 0.25) is 15.2 Å². The molecule has 1 N–H and O–H groups in total. The number of hydrogen-bond donors (Lipinski definition) is 1. The van der Waals surface area contributed by atoms with Crippen LogP contribution in [0.1, 0.15) is 16.4 Å². The van der Waals surface area contributed by atoms with E-state index in [4.69, 9.17) is 11.6 Å². The van der Waals surface area contributed by atoms with Gasteiger partial charge in [0, 0.05) is 11.6 Å². The van der Waals surface area contributed by atoms with E-state index in [0.29, 0.717) is 10.2 Å². The summed E-state index contributed by atoms with van der Waals surface area (Å²) < 4.78 is 30.0. The highest BCUT2D eigenvalue weighted by molar-refractivity contribution is 7.99. The van der Waals surface area contributed by atoms with Crippen LogP contribution in [0.5, 0.6) is 0 Å². The SMILES string of the molecule is Cc1ccc(S(=O)(=O)NC[C@H](Sc2nnnn2-c2cccc(Cl)c2)c2ccccc2)cc1. The van der Waals surface area contributed by atoms with Crippen molar-refractivity contribution in [2.24, 2.45) is 0 Å². The Balaban J connectivity index is 1.59. The molecule has 10 heteroatoms. The molecule has 164 valence electrons. The van der Waals surface area contributed by atoms with E-state index < -0.39 is 10.0 Å². The number of sulfonamides is 1. The molecule has 1 aromatic heterocycles. The third-order valence-corrected chi connectivity index (χ3v) is 7.57. The smallest absolute Gasteiger partial charge is 0.210 e. The summed E-state index contributed by atoms with van der Waals surface area (Å²) in [6.07, 6.45) is 0.